The van der Waals surface area contributed by atoms with Crippen molar-refractivity contribution in [1.82, 2.24) is 14.8 Å². The lowest BCUT2D eigenvalue weighted by atomic mass is 10.2. The highest BCUT2D eigenvalue weighted by Crippen LogP contribution is 2.30. The Balaban J connectivity index is 1.17. The molecule has 5 rings (SSSR count). The standard InChI is InChI=1S/C29H29FN4O2S/c30-25-12-6-4-10-23(25)29(36)31-14-15-34-20-27(24-11-5-7-13-26(24)34)37-21-28(35)33-18-16-32(17-19-33)22-8-2-1-3-9-22/h1-13,20H,14-19,21H2,(H,31,36). The van der Waals surface area contributed by atoms with Crippen LogP contribution in [0.5, 0.6) is 0 Å². The summed E-state index contributed by atoms with van der Waals surface area (Å²) in [6, 6.07) is 24.3. The number of nitrogens with one attached hydrogen (secondary N) is 1. The second kappa shape index (κ2) is 11.5. The van der Waals surface area contributed by atoms with E-state index in [2.05, 4.69) is 33.0 Å². The highest BCUT2D eigenvalue weighted by Gasteiger charge is 2.22. The van der Waals surface area contributed by atoms with Gasteiger partial charge in [0.2, 0.25) is 5.91 Å². The van der Waals surface area contributed by atoms with E-state index >= 15 is 0 Å². The Bertz CT molecular complexity index is 1380. The first-order valence-corrected chi connectivity index (χ1v) is 13.4. The Hall–Kier alpha value is -3.78. The van der Waals surface area contributed by atoms with Crippen molar-refractivity contribution >= 4 is 40.2 Å². The Morgan fingerprint density at radius 3 is 2.35 bits per heavy atom. The van der Waals surface area contributed by atoms with Crippen molar-refractivity contribution in [3.63, 3.8) is 0 Å². The van der Waals surface area contributed by atoms with E-state index < -0.39 is 11.7 Å². The number of piperazine rings is 1. The van der Waals surface area contributed by atoms with Crippen molar-refractivity contribution in [3.8, 4) is 0 Å². The van der Waals surface area contributed by atoms with Gasteiger partial charge in [-0.25, -0.2) is 4.39 Å². The highest BCUT2D eigenvalue weighted by molar-refractivity contribution is 8.00. The lowest BCUT2D eigenvalue weighted by Gasteiger charge is -2.36. The molecule has 0 spiro atoms. The molecular formula is C29H29FN4O2S. The van der Waals surface area contributed by atoms with Gasteiger partial charge in [0, 0.05) is 67.0 Å². The Labute approximate surface area is 220 Å². The number of thioether (sulfide) groups is 1. The van der Waals surface area contributed by atoms with Crippen molar-refractivity contribution in [2.24, 2.45) is 0 Å². The summed E-state index contributed by atoms with van der Waals surface area (Å²) in [5.74, 6) is -0.436. The first-order valence-electron chi connectivity index (χ1n) is 12.4. The molecule has 4 aromatic rings. The van der Waals surface area contributed by atoms with E-state index in [1.807, 2.05) is 47.5 Å². The van der Waals surface area contributed by atoms with Crippen molar-refractivity contribution in [1.29, 1.82) is 0 Å². The maximum absolute atomic E-state index is 13.9. The molecule has 0 radical (unpaired) electrons. The molecule has 1 aromatic heterocycles. The number of rotatable bonds is 8. The number of aromatic nitrogens is 1. The van der Waals surface area contributed by atoms with Gasteiger partial charge in [-0.2, -0.15) is 0 Å². The molecular weight excluding hydrogens is 487 g/mol. The van der Waals surface area contributed by atoms with Gasteiger partial charge in [-0.1, -0.05) is 48.5 Å². The zero-order valence-electron chi connectivity index (χ0n) is 20.5. The number of nitrogens with zero attached hydrogens (tertiary/aromatic N) is 3. The van der Waals surface area contributed by atoms with Crippen LogP contribution in [-0.4, -0.2) is 59.8 Å². The van der Waals surface area contributed by atoms with Crippen LogP contribution in [0, 0.1) is 5.82 Å². The summed E-state index contributed by atoms with van der Waals surface area (Å²) < 4.78 is 16.0. The molecule has 0 aliphatic carbocycles. The number of para-hydroxylation sites is 2. The second-order valence-corrected chi connectivity index (χ2v) is 9.95. The number of anilines is 1. The Morgan fingerprint density at radius 2 is 1.57 bits per heavy atom. The maximum Gasteiger partial charge on any atom is 0.254 e. The molecule has 3 aromatic carbocycles. The number of carbonyl (C=O) groups is 2. The third-order valence-corrected chi connectivity index (χ3v) is 7.64. The minimum atomic E-state index is -0.531. The molecule has 0 unspecified atom stereocenters. The van der Waals surface area contributed by atoms with Crippen LogP contribution in [0.3, 0.4) is 0 Å². The van der Waals surface area contributed by atoms with Gasteiger partial charge in [0.25, 0.3) is 5.91 Å². The SMILES string of the molecule is O=C(NCCn1cc(SCC(=O)N2CCN(c3ccccc3)CC2)c2ccccc21)c1ccccc1F. The van der Waals surface area contributed by atoms with Crippen LogP contribution >= 0.6 is 11.8 Å². The third kappa shape index (κ3) is 5.80. The first-order chi connectivity index (χ1) is 18.1. The topological polar surface area (TPSA) is 57.6 Å². The smallest absolute Gasteiger partial charge is 0.254 e. The summed E-state index contributed by atoms with van der Waals surface area (Å²) in [4.78, 5) is 30.6. The van der Waals surface area contributed by atoms with Crippen LogP contribution < -0.4 is 10.2 Å². The summed E-state index contributed by atoms with van der Waals surface area (Å²) in [5.41, 5.74) is 2.27. The minimum Gasteiger partial charge on any atom is -0.368 e. The first kappa shape index (κ1) is 24.9. The molecule has 190 valence electrons. The lowest BCUT2D eigenvalue weighted by Crippen LogP contribution is -2.49. The summed E-state index contributed by atoms with van der Waals surface area (Å²) in [6.45, 7) is 4.00. The number of hydrogen-bond donors (Lipinski definition) is 1. The number of hydrogen-bond acceptors (Lipinski definition) is 4. The number of halogens is 1. The summed E-state index contributed by atoms with van der Waals surface area (Å²) in [6.07, 6.45) is 2.03. The molecule has 0 saturated carbocycles. The van der Waals surface area contributed by atoms with E-state index in [4.69, 9.17) is 0 Å². The molecule has 2 heterocycles. The molecule has 8 heteroatoms. The molecule has 1 aliphatic heterocycles. The van der Waals surface area contributed by atoms with Crippen LogP contribution in [0.25, 0.3) is 10.9 Å². The van der Waals surface area contributed by atoms with Gasteiger partial charge >= 0.3 is 0 Å². The molecule has 1 fully saturated rings. The van der Waals surface area contributed by atoms with Gasteiger partial charge in [0.1, 0.15) is 5.82 Å². The summed E-state index contributed by atoms with van der Waals surface area (Å²) in [5, 5.41) is 3.88. The fraction of sp³-hybridized carbons (Fsp3) is 0.241. The normalized spacial score (nSPS) is 13.6. The van der Waals surface area contributed by atoms with E-state index in [9.17, 15) is 14.0 Å². The van der Waals surface area contributed by atoms with E-state index in [-0.39, 0.29) is 11.5 Å². The Morgan fingerprint density at radius 1 is 0.865 bits per heavy atom. The highest BCUT2D eigenvalue weighted by atomic mass is 32.2. The van der Waals surface area contributed by atoms with Crippen LogP contribution in [0.15, 0.2) is 90.0 Å². The average Bonchev–Trinajstić information content (AvgIpc) is 3.30. The lowest BCUT2D eigenvalue weighted by molar-refractivity contribution is -0.128. The van der Waals surface area contributed by atoms with E-state index in [0.29, 0.717) is 18.8 Å². The van der Waals surface area contributed by atoms with Crippen molar-refractivity contribution in [3.05, 3.63) is 96.4 Å². The predicted molar refractivity (Wildman–Crippen MR) is 147 cm³/mol. The van der Waals surface area contributed by atoms with Gasteiger partial charge < -0.3 is 19.7 Å². The monoisotopic (exact) mass is 516 g/mol. The quantitative estimate of drug-likeness (QED) is 0.347. The zero-order valence-corrected chi connectivity index (χ0v) is 21.3. The van der Waals surface area contributed by atoms with Crippen molar-refractivity contribution in [2.75, 3.05) is 43.4 Å². The summed E-state index contributed by atoms with van der Waals surface area (Å²) in [7, 11) is 0. The fourth-order valence-electron chi connectivity index (χ4n) is 4.63. The third-order valence-electron chi connectivity index (χ3n) is 6.61. The maximum atomic E-state index is 13.9. The van der Waals surface area contributed by atoms with Crippen LogP contribution in [-0.2, 0) is 11.3 Å². The summed E-state index contributed by atoms with van der Waals surface area (Å²) >= 11 is 1.55. The van der Waals surface area contributed by atoms with E-state index in [0.717, 1.165) is 42.0 Å². The number of amides is 2. The molecule has 37 heavy (non-hydrogen) atoms. The van der Waals surface area contributed by atoms with Crippen LogP contribution in [0.2, 0.25) is 0 Å². The van der Waals surface area contributed by atoms with Gasteiger partial charge in [0.05, 0.1) is 11.3 Å². The molecule has 2 amide bonds. The zero-order chi connectivity index (χ0) is 25.6. The molecule has 6 nitrogen and oxygen atoms in total. The van der Waals surface area contributed by atoms with Crippen molar-refractivity contribution < 1.29 is 14.0 Å². The minimum absolute atomic E-state index is 0.0409. The van der Waals surface area contributed by atoms with Crippen LogP contribution in [0.4, 0.5) is 10.1 Å². The van der Waals surface area contributed by atoms with Gasteiger partial charge in [-0.05, 0) is 30.3 Å². The average molecular weight is 517 g/mol. The molecule has 1 aliphatic rings. The second-order valence-electron chi connectivity index (χ2n) is 8.93. The van der Waals surface area contributed by atoms with Crippen molar-refractivity contribution in [2.45, 2.75) is 11.4 Å². The molecule has 0 bridgehead atoms. The van der Waals surface area contributed by atoms with E-state index in [1.165, 1.54) is 17.8 Å². The molecule has 1 saturated heterocycles. The van der Waals surface area contributed by atoms with Gasteiger partial charge in [-0.15, -0.1) is 11.8 Å². The Kier molecular flexibility index (Phi) is 7.75. The number of benzene rings is 3. The van der Waals surface area contributed by atoms with E-state index in [1.54, 1.807) is 23.9 Å². The molecule has 0 atom stereocenters. The number of carbonyl (C=O) groups excluding carboxylic acids is 2. The number of fused-ring (bicyclic) bond motifs is 1. The van der Waals surface area contributed by atoms with Gasteiger partial charge in [0.15, 0.2) is 0 Å². The predicted octanol–water partition coefficient (Wildman–Crippen LogP) is 4.65. The fourth-order valence-corrected chi connectivity index (χ4v) is 5.62. The van der Waals surface area contributed by atoms with Gasteiger partial charge in [-0.3, -0.25) is 9.59 Å². The molecule has 1 N–H and O–H groups in total. The largest absolute Gasteiger partial charge is 0.368 e. The van der Waals surface area contributed by atoms with Crippen LogP contribution in [0.1, 0.15) is 10.4 Å².